The number of hydrogen-bond acceptors (Lipinski definition) is 5. The summed E-state index contributed by atoms with van der Waals surface area (Å²) in [6.45, 7) is 8.64. The molecule has 0 heterocycles. The van der Waals surface area contributed by atoms with Gasteiger partial charge in [-0.25, -0.2) is 8.42 Å². The third kappa shape index (κ3) is 6.67. The van der Waals surface area contributed by atoms with Crippen molar-refractivity contribution < 1.29 is 22.7 Å². The van der Waals surface area contributed by atoms with E-state index in [0.717, 1.165) is 0 Å². The first kappa shape index (κ1) is 23.6. The van der Waals surface area contributed by atoms with Crippen molar-refractivity contribution in [2.45, 2.75) is 51.2 Å². The third-order valence-electron chi connectivity index (χ3n) is 4.07. The van der Waals surface area contributed by atoms with Gasteiger partial charge in [0, 0.05) is 11.3 Å². The quantitative estimate of drug-likeness (QED) is 0.651. The summed E-state index contributed by atoms with van der Waals surface area (Å²) >= 11 is 0. The average molecular weight is 433 g/mol. The summed E-state index contributed by atoms with van der Waals surface area (Å²) in [5, 5.41) is 2.71. The van der Waals surface area contributed by atoms with Crippen LogP contribution in [0.4, 0.5) is 5.69 Å². The van der Waals surface area contributed by atoms with Crippen molar-refractivity contribution in [2.75, 3.05) is 5.32 Å². The summed E-state index contributed by atoms with van der Waals surface area (Å²) in [6, 6.07) is 13.4. The maximum atomic E-state index is 12.8. The number of nitrogens with one attached hydrogen (secondary N) is 2. The van der Waals surface area contributed by atoms with Crippen LogP contribution in [-0.2, 0) is 19.6 Å². The summed E-state index contributed by atoms with van der Waals surface area (Å²) in [4.78, 5) is 24.6. The lowest BCUT2D eigenvalue weighted by Gasteiger charge is -2.26. The van der Waals surface area contributed by atoms with Gasteiger partial charge in [-0.05, 0) is 63.1 Å². The van der Waals surface area contributed by atoms with Crippen LogP contribution in [0.3, 0.4) is 0 Å². The molecule has 0 saturated carbocycles. The molecule has 0 spiro atoms. The van der Waals surface area contributed by atoms with Crippen molar-refractivity contribution in [2.24, 2.45) is 5.92 Å². The second-order valence-electron chi connectivity index (χ2n) is 8.22. The van der Waals surface area contributed by atoms with Crippen molar-refractivity contribution in [1.82, 2.24) is 4.72 Å². The van der Waals surface area contributed by atoms with E-state index in [1.54, 1.807) is 58.9 Å². The molecule has 1 atom stereocenters. The molecule has 0 aromatic heterocycles. The molecule has 2 aromatic rings. The van der Waals surface area contributed by atoms with Gasteiger partial charge in [0.25, 0.3) is 5.91 Å². The average Bonchev–Trinajstić information content (AvgIpc) is 2.65. The fourth-order valence-electron chi connectivity index (χ4n) is 2.57. The van der Waals surface area contributed by atoms with Crippen LogP contribution in [0.2, 0.25) is 0 Å². The number of carbonyl (C=O) groups excluding carboxylic acids is 2. The molecule has 0 bridgehead atoms. The molecule has 0 aliphatic carbocycles. The van der Waals surface area contributed by atoms with Crippen LogP contribution >= 0.6 is 0 Å². The summed E-state index contributed by atoms with van der Waals surface area (Å²) < 4.78 is 33.3. The number of carbonyl (C=O) groups is 2. The minimum atomic E-state index is -3.97. The zero-order chi connectivity index (χ0) is 22.5. The van der Waals surface area contributed by atoms with Crippen LogP contribution < -0.4 is 10.0 Å². The number of benzene rings is 2. The first-order chi connectivity index (χ1) is 13.9. The van der Waals surface area contributed by atoms with E-state index < -0.39 is 27.6 Å². The Morgan fingerprint density at radius 1 is 0.933 bits per heavy atom. The molecule has 0 aliphatic heterocycles. The Hall–Kier alpha value is -2.71. The maximum Gasteiger partial charge on any atom is 0.324 e. The predicted octanol–water partition coefficient (Wildman–Crippen LogP) is 3.58. The van der Waals surface area contributed by atoms with Gasteiger partial charge in [-0.1, -0.05) is 32.0 Å². The van der Waals surface area contributed by atoms with Gasteiger partial charge in [-0.2, -0.15) is 4.72 Å². The molecule has 8 heteroatoms. The van der Waals surface area contributed by atoms with E-state index in [-0.39, 0.29) is 16.7 Å². The first-order valence-electron chi connectivity index (χ1n) is 9.61. The van der Waals surface area contributed by atoms with Gasteiger partial charge >= 0.3 is 5.97 Å². The Morgan fingerprint density at radius 2 is 1.50 bits per heavy atom. The van der Waals surface area contributed by atoms with E-state index >= 15 is 0 Å². The summed E-state index contributed by atoms with van der Waals surface area (Å²) in [5.74, 6) is -1.24. The monoisotopic (exact) mass is 432 g/mol. The SMILES string of the molecule is CC(C)C(NS(=O)(=O)c1ccc(NC(=O)c2ccccc2)cc1)C(=O)OC(C)(C)C. The third-order valence-corrected chi connectivity index (χ3v) is 5.52. The van der Waals surface area contributed by atoms with E-state index in [9.17, 15) is 18.0 Å². The van der Waals surface area contributed by atoms with Crippen molar-refractivity contribution in [3.8, 4) is 0 Å². The van der Waals surface area contributed by atoms with Crippen LogP contribution in [0.1, 0.15) is 45.0 Å². The molecule has 1 amide bonds. The smallest absolute Gasteiger partial charge is 0.324 e. The van der Waals surface area contributed by atoms with Gasteiger partial charge in [0.15, 0.2) is 0 Å². The fraction of sp³-hybridized carbons (Fsp3) is 0.364. The van der Waals surface area contributed by atoms with E-state index in [1.807, 2.05) is 6.07 Å². The Bertz CT molecular complexity index is 978. The Labute approximate surface area is 177 Å². The van der Waals surface area contributed by atoms with Gasteiger partial charge in [0.1, 0.15) is 11.6 Å². The van der Waals surface area contributed by atoms with Crippen molar-refractivity contribution >= 4 is 27.6 Å². The second kappa shape index (κ2) is 9.40. The van der Waals surface area contributed by atoms with Crippen molar-refractivity contribution in [1.29, 1.82) is 0 Å². The number of rotatable bonds is 7. The lowest BCUT2D eigenvalue weighted by molar-refractivity contribution is -0.158. The van der Waals surface area contributed by atoms with Gasteiger partial charge in [0.05, 0.1) is 4.90 Å². The van der Waals surface area contributed by atoms with Crippen LogP contribution in [0.15, 0.2) is 59.5 Å². The zero-order valence-corrected chi connectivity index (χ0v) is 18.6. The normalized spacial score (nSPS) is 13.0. The molecule has 0 saturated heterocycles. The fourth-order valence-corrected chi connectivity index (χ4v) is 3.90. The molecule has 7 nitrogen and oxygen atoms in total. The molecule has 1 unspecified atom stereocenters. The van der Waals surface area contributed by atoms with E-state index in [1.165, 1.54) is 24.3 Å². The van der Waals surface area contributed by atoms with Gasteiger partial charge in [-0.3, -0.25) is 9.59 Å². The zero-order valence-electron chi connectivity index (χ0n) is 17.8. The van der Waals surface area contributed by atoms with Crippen molar-refractivity contribution in [3.63, 3.8) is 0 Å². The Kier molecular flexibility index (Phi) is 7.39. The van der Waals surface area contributed by atoms with Crippen LogP contribution in [0.25, 0.3) is 0 Å². The molecular formula is C22H28N2O5S. The molecule has 0 aliphatic rings. The number of esters is 1. The summed E-state index contributed by atoms with van der Waals surface area (Å²) in [5.41, 5.74) is 0.220. The van der Waals surface area contributed by atoms with E-state index in [4.69, 9.17) is 4.74 Å². The molecular weight excluding hydrogens is 404 g/mol. The minimum Gasteiger partial charge on any atom is -0.459 e. The van der Waals surface area contributed by atoms with Gasteiger partial charge in [0.2, 0.25) is 10.0 Å². The predicted molar refractivity (Wildman–Crippen MR) is 116 cm³/mol. The lowest BCUT2D eigenvalue weighted by Crippen LogP contribution is -2.47. The number of ether oxygens (including phenoxy) is 1. The number of amides is 1. The van der Waals surface area contributed by atoms with Crippen LogP contribution in [-0.4, -0.2) is 31.9 Å². The Balaban J connectivity index is 2.13. The first-order valence-corrected chi connectivity index (χ1v) is 11.1. The van der Waals surface area contributed by atoms with Crippen LogP contribution in [0, 0.1) is 5.92 Å². The summed E-state index contributed by atoms with van der Waals surface area (Å²) in [6.07, 6.45) is 0. The molecule has 2 N–H and O–H groups in total. The number of sulfonamides is 1. The van der Waals surface area contributed by atoms with Crippen LogP contribution in [0.5, 0.6) is 0 Å². The highest BCUT2D eigenvalue weighted by atomic mass is 32.2. The highest BCUT2D eigenvalue weighted by Crippen LogP contribution is 2.18. The highest BCUT2D eigenvalue weighted by molar-refractivity contribution is 7.89. The molecule has 0 fully saturated rings. The second-order valence-corrected chi connectivity index (χ2v) is 9.93. The maximum absolute atomic E-state index is 12.8. The molecule has 2 aromatic carbocycles. The highest BCUT2D eigenvalue weighted by Gasteiger charge is 2.32. The number of hydrogen-bond donors (Lipinski definition) is 2. The minimum absolute atomic E-state index is 0.0191. The lowest BCUT2D eigenvalue weighted by atomic mass is 10.1. The topological polar surface area (TPSA) is 102 Å². The summed E-state index contributed by atoms with van der Waals surface area (Å²) in [7, 11) is -3.97. The molecule has 162 valence electrons. The standard InChI is InChI=1S/C22H28N2O5S/c1-15(2)19(21(26)29-22(3,4)5)24-30(27,28)18-13-11-17(12-14-18)23-20(25)16-9-7-6-8-10-16/h6-15,19,24H,1-5H3,(H,23,25). The molecule has 2 rings (SSSR count). The van der Waals surface area contributed by atoms with Gasteiger partial charge < -0.3 is 10.1 Å². The van der Waals surface area contributed by atoms with E-state index in [2.05, 4.69) is 10.0 Å². The number of anilines is 1. The van der Waals surface area contributed by atoms with Gasteiger partial charge in [-0.15, -0.1) is 0 Å². The molecule has 0 radical (unpaired) electrons. The Morgan fingerprint density at radius 3 is 2.00 bits per heavy atom. The largest absolute Gasteiger partial charge is 0.459 e. The molecule has 30 heavy (non-hydrogen) atoms. The van der Waals surface area contributed by atoms with E-state index in [0.29, 0.717) is 11.3 Å². The van der Waals surface area contributed by atoms with Crippen molar-refractivity contribution in [3.05, 3.63) is 60.2 Å².